The Morgan fingerprint density at radius 2 is 1.79 bits per heavy atom. The molecule has 1 aliphatic heterocycles. The summed E-state index contributed by atoms with van der Waals surface area (Å²) < 4.78 is 63.3. The summed E-state index contributed by atoms with van der Waals surface area (Å²) in [6.45, 7) is -0.130. The van der Waals surface area contributed by atoms with Gasteiger partial charge in [0.25, 0.3) is 0 Å². The number of benzene rings is 2. The van der Waals surface area contributed by atoms with Gasteiger partial charge in [0, 0.05) is 36.4 Å². The summed E-state index contributed by atoms with van der Waals surface area (Å²) in [6.07, 6.45) is -0.413. The highest BCUT2D eigenvalue weighted by Crippen LogP contribution is 2.38. The van der Waals surface area contributed by atoms with Crippen molar-refractivity contribution in [3.05, 3.63) is 95.3 Å². The number of rotatable bonds is 5. The van der Waals surface area contributed by atoms with Crippen LogP contribution in [0.5, 0.6) is 5.88 Å². The number of amides is 1. The number of carbonyl (C=O) groups excluding carboxylic acids is 1. The largest absolute Gasteiger partial charge is 0.480 e. The Bertz CT molecular complexity index is 1890. The van der Waals surface area contributed by atoms with E-state index in [2.05, 4.69) is 19.9 Å². The number of aromatic nitrogens is 5. The van der Waals surface area contributed by atoms with Gasteiger partial charge in [-0.25, -0.2) is 24.3 Å². The van der Waals surface area contributed by atoms with Crippen molar-refractivity contribution in [2.75, 3.05) is 13.7 Å². The first-order valence-corrected chi connectivity index (χ1v) is 13.3. The molecule has 0 aliphatic carbocycles. The second-order valence-electron chi connectivity index (χ2n) is 9.94. The molecule has 0 bridgehead atoms. The second-order valence-corrected chi connectivity index (χ2v) is 9.94. The highest BCUT2D eigenvalue weighted by Gasteiger charge is 2.39. The predicted molar refractivity (Wildman–Crippen MR) is 151 cm³/mol. The molecule has 0 fully saturated rings. The molecular formula is C31H24F4N6O2. The van der Waals surface area contributed by atoms with E-state index >= 15 is 0 Å². The van der Waals surface area contributed by atoms with Crippen LogP contribution >= 0.6 is 0 Å². The van der Waals surface area contributed by atoms with E-state index in [9.17, 15) is 22.4 Å². The van der Waals surface area contributed by atoms with Gasteiger partial charge >= 0.3 is 6.18 Å². The molecule has 4 heterocycles. The summed E-state index contributed by atoms with van der Waals surface area (Å²) >= 11 is 0. The maximum atomic E-state index is 14.0. The van der Waals surface area contributed by atoms with Gasteiger partial charge in [-0.1, -0.05) is 42.5 Å². The van der Waals surface area contributed by atoms with Gasteiger partial charge in [0.15, 0.2) is 11.5 Å². The van der Waals surface area contributed by atoms with E-state index < -0.39 is 23.6 Å². The first kappa shape index (κ1) is 28.0. The summed E-state index contributed by atoms with van der Waals surface area (Å²) in [6, 6.07) is 14.6. The highest BCUT2D eigenvalue weighted by atomic mass is 19.4. The van der Waals surface area contributed by atoms with E-state index in [1.165, 1.54) is 42.6 Å². The van der Waals surface area contributed by atoms with Crippen LogP contribution in [0.15, 0.2) is 67.0 Å². The Hall–Kier alpha value is -5.13. The third-order valence-corrected chi connectivity index (χ3v) is 7.33. The summed E-state index contributed by atoms with van der Waals surface area (Å²) in [5.74, 6) is -0.967. The monoisotopic (exact) mass is 588 g/mol. The van der Waals surface area contributed by atoms with Crippen molar-refractivity contribution >= 4 is 23.0 Å². The minimum Gasteiger partial charge on any atom is -0.480 e. The molecule has 2 aromatic carbocycles. The zero-order valence-corrected chi connectivity index (χ0v) is 23.1. The van der Waals surface area contributed by atoms with E-state index in [4.69, 9.17) is 4.74 Å². The smallest absolute Gasteiger partial charge is 0.433 e. The van der Waals surface area contributed by atoms with E-state index in [1.54, 1.807) is 6.08 Å². The molecule has 6 rings (SSSR count). The molecule has 218 valence electrons. The maximum absolute atomic E-state index is 14.0. The Kier molecular flexibility index (Phi) is 7.12. The predicted octanol–water partition coefficient (Wildman–Crippen LogP) is 5.86. The first-order chi connectivity index (χ1) is 20.7. The molecule has 1 amide bonds. The van der Waals surface area contributed by atoms with Crippen molar-refractivity contribution in [1.82, 2.24) is 29.4 Å². The Morgan fingerprint density at radius 1 is 1.02 bits per heavy atom. The summed E-state index contributed by atoms with van der Waals surface area (Å²) in [5.41, 5.74) is 1.96. The van der Waals surface area contributed by atoms with Crippen LogP contribution < -0.4 is 4.74 Å². The van der Waals surface area contributed by atoms with Crippen molar-refractivity contribution in [2.45, 2.75) is 19.1 Å². The lowest BCUT2D eigenvalue weighted by Crippen LogP contribution is -2.37. The Balaban J connectivity index is 1.38. The average Bonchev–Trinajstić information content (AvgIpc) is 3.30. The minimum atomic E-state index is -4.75. The van der Waals surface area contributed by atoms with Crippen LogP contribution in [0.4, 0.5) is 17.6 Å². The Labute approximate surface area is 243 Å². The molecule has 0 spiro atoms. The van der Waals surface area contributed by atoms with E-state index in [0.717, 1.165) is 17.3 Å². The molecule has 8 nitrogen and oxygen atoms in total. The standard InChI is InChI=1S/C31H24F4N6O2/c1-40-26(18-7-4-3-5-8-18)22(25-29(40)36-17-37-30(25)43-2)11-12-24(42)41-14-13-21-23(16-41)38-28(39-27(21)31(33,34)35)19-9-6-10-20(32)15-19/h3-12,15,17H,13-14,16H2,1-2H3/b12-11+. The molecule has 0 atom stereocenters. The van der Waals surface area contributed by atoms with Gasteiger partial charge in [-0.2, -0.15) is 13.2 Å². The number of halogens is 4. The number of fused-ring (bicyclic) bond motifs is 2. The number of carbonyl (C=O) groups is 1. The number of nitrogens with zero attached hydrogens (tertiary/aromatic N) is 6. The van der Waals surface area contributed by atoms with Crippen molar-refractivity contribution in [3.8, 4) is 28.5 Å². The van der Waals surface area contributed by atoms with Crippen LogP contribution in [0.3, 0.4) is 0 Å². The van der Waals surface area contributed by atoms with Crippen LogP contribution in [0.25, 0.3) is 39.8 Å². The SMILES string of the molecule is COc1ncnc2c1c(/C=C/C(=O)N1CCc3c(nc(-c4cccc(F)c4)nc3C(F)(F)F)C1)c(-c1ccccc1)n2C. The van der Waals surface area contributed by atoms with Crippen LogP contribution in [0.2, 0.25) is 0 Å². The number of alkyl halides is 3. The molecule has 3 aromatic heterocycles. The van der Waals surface area contributed by atoms with Gasteiger partial charge in [-0.05, 0) is 30.2 Å². The van der Waals surface area contributed by atoms with Gasteiger partial charge in [0.05, 0.1) is 30.4 Å². The van der Waals surface area contributed by atoms with Gasteiger partial charge in [0.2, 0.25) is 11.8 Å². The molecule has 0 unspecified atom stereocenters. The fraction of sp³-hybridized carbons (Fsp3) is 0.194. The number of hydrogen-bond donors (Lipinski definition) is 0. The second kappa shape index (κ2) is 10.9. The summed E-state index contributed by atoms with van der Waals surface area (Å²) in [7, 11) is 3.35. The molecule has 1 aliphatic rings. The normalized spacial score (nSPS) is 13.5. The Morgan fingerprint density at radius 3 is 2.51 bits per heavy atom. The topological polar surface area (TPSA) is 86.0 Å². The average molecular weight is 589 g/mol. The number of ether oxygens (including phenoxy) is 1. The van der Waals surface area contributed by atoms with Crippen molar-refractivity contribution in [1.29, 1.82) is 0 Å². The molecule has 0 saturated carbocycles. The molecule has 43 heavy (non-hydrogen) atoms. The molecule has 12 heteroatoms. The van der Waals surface area contributed by atoms with E-state index in [-0.39, 0.29) is 42.2 Å². The third-order valence-electron chi connectivity index (χ3n) is 7.33. The molecule has 0 N–H and O–H groups in total. The third kappa shape index (κ3) is 5.20. The molecule has 0 saturated heterocycles. The highest BCUT2D eigenvalue weighted by molar-refractivity contribution is 6.02. The maximum Gasteiger partial charge on any atom is 0.433 e. The van der Waals surface area contributed by atoms with Gasteiger partial charge in [-0.15, -0.1) is 0 Å². The quantitative estimate of drug-likeness (QED) is 0.189. The lowest BCUT2D eigenvalue weighted by atomic mass is 10.0. The lowest BCUT2D eigenvalue weighted by molar-refractivity contribution is -0.142. The fourth-order valence-corrected chi connectivity index (χ4v) is 5.39. The fourth-order valence-electron chi connectivity index (χ4n) is 5.39. The molecule has 5 aromatic rings. The van der Waals surface area contributed by atoms with Crippen molar-refractivity contribution in [2.24, 2.45) is 7.05 Å². The lowest BCUT2D eigenvalue weighted by Gasteiger charge is -2.29. The zero-order valence-electron chi connectivity index (χ0n) is 23.1. The van der Waals surface area contributed by atoms with Gasteiger partial charge in [-0.3, -0.25) is 4.79 Å². The van der Waals surface area contributed by atoms with Crippen molar-refractivity contribution in [3.63, 3.8) is 0 Å². The number of aryl methyl sites for hydroxylation is 1. The van der Waals surface area contributed by atoms with Crippen LogP contribution in [-0.2, 0) is 31.0 Å². The molecular weight excluding hydrogens is 564 g/mol. The van der Waals surface area contributed by atoms with E-state index in [0.29, 0.717) is 22.5 Å². The van der Waals surface area contributed by atoms with Crippen LogP contribution in [0, 0.1) is 5.82 Å². The zero-order chi connectivity index (χ0) is 30.3. The van der Waals surface area contributed by atoms with Gasteiger partial charge in [0.1, 0.15) is 17.8 Å². The van der Waals surface area contributed by atoms with Crippen LogP contribution in [-0.4, -0.2) is 49.0 Å². The number of hydrogen-bond acceptors (Lipinski definition) is 6. The summed E-state index contributed by atoms with van der Waals surface area (Å²) in [4.78, 5) is 31.6. The van der Waals surface area contributed by atoms with E-state index in [1.807, 2.05) is 41.9 Å². The summed E-state index contributed by atoms with van der Waals surface area (Å²) in [5, 5.41) is 0.613. The molecule has 0 radical (unpaired) electrons. The number of methoxy groups -OCH3 is 1. The minimum absolute atomic E-state index is 0.0371. The van der Waals surface area contributed by atoms with Crippen molar-refractivity contribution < 1.29 is 27.1 Å². The first-order valence-electron chi connectivity index (χ1n) is 13.3. The van der Waals surface area contributed by atoms with Crippen LogP contribution in [0.1, 0.15) is 22.5 Å². The van der Waals surface area contributed by atoms with Gasteiger partial charge < -0.3 is 14.2 Å².